The smallest absolute Gasteiger partial charge is 0.188 e. The van der Waals surface area contributed by atoms with Gasteiger partial charge in [0.1, 0.15) is 5.82 Å². The van der Waals surface area contributed by atoms with Gasteiger partial charge in [-0.3, -0.25) is 0 Å². The molecular formula is C17H18F2O2. The van der Waals surface area contributed by atoms with Gasteiger partial charge in [0, 0.05) is 23.9 Å². The summed E-state index contributed by atoms with van der Waals surface area (Å²) in [6.45, 7) is 1.83. The Labute approximate surface area is 123 Å². The quantitative estimate of drug-likeness (QED) is 0.572. The number of halogens is 2. The standard InChI is InChI=1S/C17H18F2O2/c1-3-4-5-6-12-7-8-13-14(9-12)15(18)10-16(17(13)19)21-11-20-2/h3-4,7-10H,5-6,11H2,1-2H3/b4-3+. The number of fused-ring (bicyclic) bond motifs is 1. The average Bonchev–Trinajstić information content (AvgIpc) is 2.50. The predicted molar refractivity (Wildman–Crippen MR) is 79.5 cm³/mol. The SMILES string of the molecule is C/C=C/CCc1ccc2c(F)c(OCOC)cc(F)c2c1. The Kier molecular flexibility index (Phi) is 5.28. The van der Waals surface area contributed by atoms with E-state index in [0.717, 1.165) is 24.5 Å². The first-order valence-corrected chi connectivity index (χ1v) is 6.81. The summed E-state index contributed by atoms with van der Waals surface area (Å²) in [6, 6.07) is 6.16. The van der Waals surface area contributed by atoms with Crippen LogP contribution in [0.15, 0.2) is 36.4 Å². The van der Waals surface area contributed by atoms with E-state index in [2.05, 4.69) is 0 Å². The lowest BCUT2D eigenvalue weighted by molar-refractivity contribution is 0.0483. The number of rotatable bonds is 6. The van der Waals surface area contributed by atoms with Gasteiger partial charge in [0.05, 0.1) is 0 Å². The Morgan fingerprint density at radius 1 is 1.14 bits per heavy atom. The summed E-state index contributed by atoms with van der Waals surface area (Å²) < 4.78 is 38.1. The molecule has 0 spiro atoms. The molecule has 112 valence electrons. The zero-order chi connectivity index (χ0) is 15.2. The van der Waals surface area contributed by atoms with Crippen LogP contribution in [0.5, 0.6) is 5.75 Å². The summed E-state index contributed by atoms with van der Waals surface area (Å²) in [5, 5.41) is 0.492. The third-order valence-electron chi connectivity index (χ3n) is 3.22. The largest absolute Gasteiger partial charge is 0.464 e. The van der Waals surface area contributed by atoms with E-state index in [1.165, 1.54) is 7.11 Å². The van der Waals surface area contributed by atoms with Crippen molar-refractivity contribution in [3.63, 3.8) is 0 Å². The normalized spacial score (nSPS) is 11.4. The minimum Gasteiger partial charge on any atom is -0.464 e. The third-order valence-corrected chi connectivity index (χ3v) is 3.22. The van der Waals surface area contributed by atoms with Gasteiger partial charge in [-0.05, 0) is 31.4 Å². The second kappa shape index (κ2) is 7.18. The van der Waals surface area contributed by atoms with Crippen molar-refractivity contribution in [3.8, 4) is 5.75 Å². The molecule has 0 atom stereocenters. The molecule has 0 aliphatic carbocycles. The van der Waals surface area contributed by atoms with Crippen LogP contribution in [0.2, 0.25) is 0 Å². The molecule has 0 amide bonds. The molecule has 0 unspecified atom stereocenters. The van der Waals surface area contributed by atoms with Gasteiger partial charge < -0.3 is 9.47 Å². The minimum absolute atomic E-state index is 0.122. The summed E-state index contributed by atoms with van der Waals surface area (Å²) >= 11 is 0. The van der Waals surface area contributed by atoms with Crippen LogP contribution in [-0.4, -0.2) is 13.9 Å². The summed E-state index contributed by atoms with van der Waals surface area (Å²) in [5.41, 5.74) is 0.976. The van der Waals surface area contributed by atoms with Crippen LogP contribution in [0.4, 0.5) is 8.78 Å². The number of ether oxygens (including phenoxy) is 2. The molecule has 2 aromatic rings. The van der Waals surface area contributed by atoms with Crippen molar-refractivity contribution in [2.75, 3.05) is 13.9 Å². The lowest BCUT2D eigenvalue weighted by atomic mass is 10.0. The molecule has 0 aromatic heterocycles. The first-order valence-electron chi connectivity index (χ1n) is 6.81. The fourth-order valence-electron chi connectivity index (χ4n) is 2.17. The van der Waals surface area contributed by atoms with E-state index < -0.39 is 11.6 Å². The fourth-order valence-corrected chi connectivity index (χ4v) is 2.17. The lowest BCUT2D eigenvalue weighted by Crippen LogP contribution is -2.02. The molecule has 0 saturated heterocycles. The minimum atomic E-state index is -0.566. The van der Waals surface area contributed by atoms with Crippen LogP contribution >= 0.6 is 0 Å². The van der Waals surface area contributed by atoms with Gasteiger partial charge in [-0.15, -0.1) is 0 Å². The van der Waals surface area contributed by atoms with Crippen LogP contribution in [0.1, 0.15) is 18.9 Å². The number of methoxy groups -OCH3 is 1. The van der Waals surface area contributed by atoms with Crippen molar-refractivity contribution in [2.45, 2.75) is 19.8 Å². The molecular weight excluding hydrogens is 274 g/mol. The summed E-state index contributed by atoms with van der Waals surface area (Å²) in [5.74, 6) is -1.20. The van der Waals surface area contributed by atoms with E-state index in [-0.39, 0.29) is 23.3 Å². The van der Waals surface area contributed by atoms with Crippen LogP contribution in [0.3, 0.4) is 0 Å². The van der Waals surface area contributed by atoms with E-state index in [1.807, 2.05) is 25.1 Å². The van der Waals surface area contributed by atoms with Crippen molar-refractivity contribution >= 4 is 10.8 Å². The highest BCUT2D eigenvalue weighted by molar-refractivity contribution is 5.86. The molecule has 0 radical (unpaired) electrons. The molecule has 0 N–H and O–H groups in total. The average molecular weight is 292 g/mol. The molecule has 0 heterocycles. The number of hydrogen-bond acceptors (Lipinski definition) is 2. The first kappa shape index (κ1) is 15.4. The highest BCUT2D eigenvalue weighted by atomic mass is 19.1. The molecule has 0 saturated carbocycles. The Balaban J connectivity index is 2.37. The maximum absolute atomic E-state index is 14.3. The number of allylic oxidation sites excluding steroid dienone is 2. The van der Waals surface area contributed by atoms with E-state index >= 15 is 0 Å². The van der Waals surface area contributed by atoms with Gasteiger partial charge in [-0.2, -0.15) is 0 Å². The highest BCUT2D eigenvalue weighted by Crippen LogP contribution is 2.30. The number of aryl methyl sites for hydroxylation is 1. The molecule has 0 bridgehead atoms. The fraction of sp³-hybridized carbons (Fsp3) is 0.294. The molecule has 0 aliphatic rings. The second-order valence-electron chi connectivity index (χ2n) is 4.71. The van der Waals surface area contributed by atoms with Crippen LogP contribution in [0, 0.1) is 11.6 Å². The summed E-state index contributed by atoms with van der Waals surface area (Å²) in [7, 11) is 1.42. The Hall–Kier alpha value is -1.94. The number of benzene rings is 2. The summed E-state index contributed by atoms with van der Waals surface area (Å²) in [6.07, 6.45) is 5.69. The highest BCUT2D eigenvalue weighted by Gasteiger charge is 2.13. The van der Waals surface area contributed by atoms with Gasteiger partial charge in [0.25, 0.3) is 0 Å². The van der Waals surface area contributed by atoms with Crippen molar-refractivity contribution < 1.29 is 18.3 Å². The monoisotopic (exact) mass is 292 g/mol. The van der Waals surface area contributed by atoms with E-state index in [0.29, 0.717) is 0 Å². The van der Waals surface area contributed by atoms with Gasteiger partial charge in [-0.1, -0.05) is 24.3 Å². The first-order chi connectivity index (χ1) is 10.2. The van der Waals surface area contributed by atoms with Gasteiger partial charge >= 0.3 is 0 Å². The van der Waals surface area contributed by atoms with E-state index in [1.54, 1.807) is 12.1 Å². The van der Waals surface area contributed by atoms with E-state index in [4.69, 9.17) is 9.47 Å². The van der Waals surface area contributed by atoms with Crippen molar-refractivity contribution in [2.24, 2.45) is 0 Å². The topological polar surface area (TPSA) is 18.5 Å². The van der Waals surface area contributed by atoms with Crippen molar-refractivity contribution in [1.82, 2.24) is 0 Å². The molecule has 2 nitrogen and oxygen atoms in total. The van der Waals surface area contributed by atoms with Crippen LogP contribution in [0.25, 0.3) is 10.8 Å². The zero-order valence-corrected chi connectivity index (χ0v) is 12.2. The van der Waals surface area contributed by atoms with E-state index in [9.17, 15) is 8.78 Å². The zero-order valence-electron chi connectivity index (χ0n) is 12.2. The predicted octanol–water partition coefficient (Wildman–Crippen LogP) is 4.61. The maximum atomic E-state index is 14.3. The Bertz CT molecular complexity index is 651. The molecule has 0 fully saturated rings. The molecule has 4 heteroatoms. The molecule has 2 aromatic carbocycles. The Morgan fingerprint density at radius 3 is 2.67 bits per heavy atom. The van der Waals surface area contributed by atoms with Gasteiger partial charge in [0.15, 0.2) is 18.4 Å². The van der Waals surface area contributed by atoms with Gasteiger partial charge in [0.2, 0.25) is 0 Å². The van der Waals surface area contributed by atoms with Crippen LogP contribution in [-0.2, 0) is 11.2 Å². The third kappa shape index (κ3) is 3.58. The molecule has 0 aliphatic heterocycles. The summed E-state index contributed by atoms with van der Waals surface area (Å²) in [4.78, 5) is 0. The van der Waals surface area contributed by atoms with Crippen LogP contribution < -0.4 is 4.74 Å². The molecule has 2 rings (SSSR count). The second-order valence-corrected chi connectivity index (χ2v) is 4.71. The van der Waals surface area contributed by atoms with Crippen molar-refractivity contribution in [3.05, 3.63) is 53.6 Å². The molecule has 21 heavy (non-hydrogen) atoms. The Morgan fingerprint density at radius 2 is 1.95 bits per heavy atom. The maximum Gasteiger partial charge on any atom is 0.188 e. The van der Waals surface area contributed by atoms with Gasteiger partial charge in [-0.25, -0.2) is 8.78 Å². The number of hydrogen-bond donors (Lipinski definition) is 0. The lowest BCUT2D eigenvalue weighted by Gasteiger charge is -2.10. The van der Waals surface area contributed by atoms with Crippen molar-refractivity contribution in [1.29, 1.82) is 0 Å².